The molecule has 128 valence electrons. The zero-order valence-corrected chi connectivity index (χ0v) is 13.6. The van der Waals surface area contributed by atoms with Gasteiger partial charge in [-0.25, -0.2) is 4.98 Å². The van der Waals surface area contributed by atoms with Gasteiger partial charge in [0, 0.05) is 25.7 Å². The van der Waals surface area contributed by atoms with Crippen LogP contribution in [0.1, 0.15) is 17.5 Å². The Morgan fingerprint density at radius 1 is 1.20 bits per heavy atom. The largest absolute Gasteiger partial charge is 0.454 e. The van der Waals surface area contributed by atoms with Crippen LogP contribution in [0, 0.1) is 11.3 Å². The summed E-state index contributed by atoms with van der Waals surface area (Å²) in [6.45, 7) is 1.32. The van der Waals surface area contributed by atoms with Crippen LogP contribution in [0.15, 0.2) is 36.5 Å². The van der Waals surface area contributed by atoms with Gasteiger partial charge in [-0.3, -0.25) is 4.79 Å². The number of carbonyl (C=O) groups excluding carboxylic acids is 1. The standard InChI is InChI=1S/C18H18N4O3/c19-10-14-2-5-17(22-11-14)20-7-8-21-18(23)6-3-13-1-4-15-16(9-13)25-12-24-15/h1-2,4-5,9,11H,3,6-8,12H2,(H,20,22)(H,21,23). The summed E-state index contributed by atoms with van der Waals surface area (Å²) < 4.78 is 10.6. The molecule has 7 nitrogen and oxygen atoms in total. The van der Waals surface area contributed by atoms with Crippen LogP contribution in [0.2, 0.25) is 0 Å². The van der Waals surface area contributed by atoms with Crippen LogP contribution in [0.25, 0.3) is 0 Å². The number of nitrogens with one attached hydrogen (secondary N) is 2. The molecule has 1 aromatic carbocycles. The molecule has 1 aliphatic heterocycles. The maximum atomic E-state index is 11.9. The van der Waals surface area contributed by atoms with Crippen molar-refractivity contribution in [1.29, 1.82) is 5.26 Å². The van der Waals surface area contributed by atoms with E-state index in [4.69, 9.17) is 14.7 Å². The van der Waals surface area contributed by atoms with E-state index in [1.807, 2.05) is 24.3 Å². The van der Waals surface area contributed by atoms with Crippen molar-refractivity contribution < 1.29 is 14.3 Å². The lowest BCUT2D eigenvalue weighted by atomic mass is 10.1. The summed E-state index contributed by atoms with van der Waals surface area (Å²) in [6.07, 6.45) is 2.56. The van der Waals surface area contributed by atoms with E-state index in [0.29, 0.717) is 37.3 Å². The van der Waals surface area contributed by atoms with Crippen molar-refractivity contribution in [2.75, 3.05) is 25.2 Å². The van der Waals surface area contributed by atoms with Gasteiger partial charge in [0.25, 0.3) is 0 Å². The normalized spacial score (nSPS) is 11.6. The van der Waals surface area contributed by atoms with Crippen molar-refractivity contribution in [1.82, 2.24) is 10.3 Å². The lowest BCUT2D eigenvalue weighted by Crippen LogP contribution is -2.29. The van der Waals surface area contributed by atoms with Crippen LogP contribution >= 0.6 is 0 Å². The molecule has 1 aromatic heterocycles. The van der Waals surface area contributed by atoms with Crippen molar-refractivity contribution in [3.05, 3.63) is 47.7 Å². The summed E-state index contributed by atoms with van der Waals surface area (Å²) in [4.78, 5) is 16.0. The Balaban J connectivity index is 1.34. The second-order valence-electron chi connectivity index (χ2n) is 5.51. The van der Waals surface area contributed by atoms with Crippen molar-refractivity contribution in [2.24, 2.45) is 0 Å². The first-order chi connectivity index (χ1) is 12.2. The molecule has 0 atom stereocenters. The number of hydrogen-bond donors (Lipinski definition) is 2. The van der Waals surface area contributed by atoms with Crippen LogP contribution in [0.3, 0.4) is 0 Å². The highest BCUT2D eigenvalue weighted by Gasteiger charge is 2.13. The average molecular weight is 338 g/mol. The monoisotopic (exact) mass is 338 g/mol. The topological polar surface area (TPSA) is 96.3 Å². The number of aryl methyl sites for hydroxylation is 1. The molecule has 1 aliphatic rings. The number of pyridine rings is 1. The highest BCUT2D eigenvalue weighted by Crippen LogP contribution is 2.32. The van der Waals surface area contributed by atoms with Crippen molar-refractivity contribution in [3.63, 3.8) is 0 Å². The highest BCUT2D eigenvalue weighted by atomic mass is 16.7. The van der Waals surface area contributed by atoms with E-state index in [1.165, 1.54) is 6.20 Å². The lowest BCUT2D eigenvalue weighted by molar-refractivity contribution is -0.120. The molecule has 0 spiro atoms. The second-order valence-corrected chi connectivity index (χ2v) is 5.51. The molecular formula is C18H18N4O3. The molecule has 0 fully saturated rings. The number of rotatable bonds is 7. The van der Waals surface area contributed by atoms with Crippen molar-refractivity contribution in [3.8, 4) is 17.6 Å². The fourth-order valence-electron chi connectivity index (χ4n) is 2.40. The summed E-state index contributed by atoms with van der Waals surface area (Å²) >= 11 is 0. The van der Waals surface area contributed by atoms with Gasteiger partial charge >= 0.3 is 0 Å². The minimum absolute atomic E-state index is 0.00717. The van der Waals surface area contributed by atoms with Gasteiger partial charge in [0.15, 0.2) is 11.5 Å². The number of nitrogens with zero attached hydrogens (tertiary/aromatic N) is 2. The molecule has 0 unspecified atom stereocenters. The zero-order valence-electron chi connectivity index (χ0n) is 13.6. The van der Waals surface area contributed by atoms with E-state index < -0.39 is 0 Å². The van der Waals surface area contributed by atoms with Crippen LogP contribution in [-0.2, 0) is 11.2 Å². The molecule has 2 N–H and O–H groups in total. The van der Waals surface area contributed by atoms with Crippen molar-refractivity contribution >= 4 is 11.7 Å². The number of amides is 1. The fraction of sp³-hybridized carbons (Fsp3) is 0.278. The Morgan fingerprint density at radius 2 is 2.08 bits per heavy atom. The SMILES string of the molecule is N#Cc1ccc(NCCNC(=O)CCc2ccc3c(c2)OCO3)nc1. The molecule has 2 aromatic rings. The van der Waals surface area contributed by atoms with Crippen LogP contribution in [0.5, 0.6) is 11.5 Å². The Bertz CT molecular complexity index is 784. The number of hydrogen-bond acceptors (Lipinski definition) is 6. The summed E-state index contributed by atoms with van der Waals surface area (Å²) in [7, 11) is 0. The molecule has 0 saturated carbocycles. The minimum Gasteiger partial charge on any atom is -0.454 e. The number of benzene rings is 1. The molecule has 0 aliphatic carbocycles. The van der Waals surface area contributed by atoms with Crippen molar-refractivity contribution in [2.45, 2.75) is 12.8 Å². The van der Waals surface area contributed by atoms with Crippen LogP contribution in [0.4, 0.5) is 5.82 Å². The van der Waals surface area contributed by atoms with E-state index >= 15 is 0 Å². The zero-order chi connectivity index (χ0) is 17.5. The first-order valence-electron chi connectivity index (χ1n) is 8.00. The maximum Gasteiger partial charge on any atom is 0.231 e. The fourth-order valence-corrected chi connectivity index (χ4v) is 2.40. The van der Waals surface area contributed by atoms with Gasteiger partial charge in [0.1, 0.15) is 11.9 Å². The number of fused-ring (bicyclic) bond motifs is 1. The average Bonchev–Trinajstić information content (AvgIpc) is 3.12. The highest BCUT2D eigenvalue weighted by molar-refractivity contribution is 5.76. The third-order valence-corrected chi connectivity index (χ3v) is 3.72. The Morgan fingerprint density at radius 3 is 2.88 bits per heavy atom. The molecule has 7 heteroatoms. The van der Waals surface area contributed by atoms with Gasteiger partial charge in [-0.2, -0.15) is 5.26 Å². The van der Waals surface area contributed by atoms with E-state index in [0.717, 1.165) is 17.1 Å². The number of nitriles is 1. The van der Waals surface area contributed by atoms with E-state index in [9.17, 15) is 4.79 Å². The van der Waals surface area contributed by atoms with Crippen LogP contribution < -0.4 is 20.1 Å². The molecule has 3 rings (SSSR count). The number of aromatic nitrogens is 1. The van der Waals surface area contributed by atoms with Gasteiger partial charge in [-0.05, 0) is 36.2 Å². The van der Waals surface area contributed by atoms with E-state index in [1.54, 1.807) is 12.1 Å². The minimum atomic E-state index is -0.00717. The van der Waals surface area contributed by atoms with Gasteiger partial charge in [-0.1, -0.05) is 6.07 Å². The predicted octanol–water partition coefficient (Wildman–Crippen LogP) is 1.84. The first kappa shape index (κ1) is 16.6. The van der Waals surface area contributed by atoms with Gasteiger partial charge in [0.05, 0.1) is 5.56 Å². The van der Waals surface area contributed by atoms with Gasteiger partial charge < -0.3 is 20.1 Å². The molecule has 2 heterocycles. The Kier molecular flexibility index (Phi) is 5.32. The predicted molar refractivity (Wildman–Crippen MR) is 91.3 cm³/mol. The number of anilines is 1. The molecule has 1 amide bonds. The molecular weight excluding hydrogens is 320 g/mol. The third-order valence-electron chi connectivity index (χ3n) is 3.72. The summed E-state index contributed by atoms with van der Waals surface area (Å²) in [6, 6.07) is 11.2. The lowest BCUT2D eigenvalue weighted by Gasteiger charge is -2.08. The summed E-state index contributed by atoms with van der Waals surface area (Å²) in [5.74, 6) is 2.15. The third kappa shape index (κ3) is 4.61. The first-order valence-corrected chi connectivity index (χ1v) is 8.00. The van der Waals surface area contributed by atoms with E-state index in [2.05, 4.69) is 15.6 Å². The quantitative estimate of drug-likeness (QED) is 0.748. The van der Waals surface area contributed by atoms with Crippen LogP contribution in [-0.4, -0.2) is 30.8 Å². The number of ether oxygens (including phenoxy) is 2. The summed E-state index contributed by atoms with van der Waals surface area (Å²) in [5.41, 5.74) is 1.56. The van der Waals surface area contributed by atoms with E-state index in [-0.39, 0.29) is 12.7 Å². The molecule has 25 heavy (non-hydrogen) atoms. The molecule has 0 radical (unpaired) electrons. The Labute approximate surface area is 145 Å². The maximum absolute atomic E-state index is 11.9. The van der Waals surface area contributed by atoms with Gasteiger partial charge in [-0.15, -0.1) is 0 Å². The number of carbonyl (C=O) groups is 1. The molecule has 0 saturated heterocycles. The Hall–Kier alpha value is -3.27. The smallest absolute Gasteiger partial charge is 0.231 e. The summed E-state index contributed by atoms with van der Waals surface area (Å²) in [5, 5.41) is 14.7. The molecule has 0 bridgehead atoms. The van der Waals surface area contributed by atoms with Gasteiger partial charge in [0.2, 0.25) is 12.7 Å². The second kappa shape index (κ2) is 8.02.